The van der Waals surface area contributed by atoms with Crippen LogP contribution in [0.1, 0.15) is 47.0 Å². The van der Waals surface area contributed by atoms with Gasteiger partial charge >= 0.3 is 0 Å². The second-order valence-corrected chi connectivity index (χ2v) is 9.55. The van der Waals surface area contributed by atoms with Crippen molar-refractivity contribution >= 4 is 39.2 Å². The second kappa shape index (κ2) is 8.29. The summed E-state index contributed by atoms with van der Waals surface area (Å²) in [7, 11) is 0. The van der Waals surface area contributed by atoms with Gasteiger partial charge in [0, 0.05) is 46.1 Å². The van der Waals surface area contributed by atoms with Crippen molar-refractivity contribution in [2.45, 2.75) is 32.2 Å². The van der Waals surface area contributed by atoms with E-state index >= 15 is 0 Å². The number of halogens is 2. The molecule has 5 rings (SSSR count). The van der Waals surface area contributed by atoms with Crippen LogP contribution < -0.4 is 5.32 Å². The fourth-order valence-electron chi connectivity index (χ4n) is 4.86. The van der Waals surface area contributed by atoms with Crippen LogP contribution in [0, 0.1) is 12.8 Å². The smallest absolute Gasteiger partial charge is 0.105 e. The molecular formula is C24H24BrClN4. The van der Waals surface area contributed by atoms with Crippen molar-refractivity contribution in [1.82, 2.24) is 19.9 Å². The van der Waals surface area contributed by atoms with Crippen molar-refractivity contribution in [3.63, 3.8) is 0 Å². The minimum atomic E-state index is 0.264. The molecule has 0 bridgehead atoms. The average molecular weight is 484 g/mol. The van der Waals surface area contributed by atoms with Crippen LogP contribution in [0.5, 0.6) is 0 Å². The summed E-state index contributed by atoms with van der Waals surface area (Å²) in [5, 5.41) is 4.28. The molecule has 1 atom stereocenters. The Bertz CT molecular complexity index is 1110. The normalized spacial score (nSPS) is 19.0. The van der Waals surface area contributed by atoms with Gasteiger partial charge in [-0.05, 0) is 95.7 Å². The van der Waals surface area contributed by atoms with Crippen molar-refractivity contribution < 1.29 is 0 Å². The molecule has 1 aromatic carbocycles. The molecule has 2 aromatic heterocycles. The number of hydrogen-bond donors (Lipinski definition) is 1. The Hall–Kier alpha value is -1.95. The highest BCUT2D eigenvalue weighted by molar-refractivity contribution is 9.10. The highest BCUT2D eigenvalue weighted by atomic mass is 79.9. The third-order valence-corrected chi connectivity index (χ3v) is 7.03. The summed E-state index contributed by atoms with van der Waals surface area (Å²) in [5.74, 6) is 1.83. The minimum Gasteiger partial charge on any atom is -0.331 e. The van der Waals surface area contributed by atoms with Crippen LogP contribution in [-0.4, -0.2) is 27.6 Å². The molecular weight excluding hydrogens is 460 g/mol. The molecule has 1 unspecified atom stereocenters. The first-order chi connectivity index (χ1) is 14.6. The topological polar surface area (TPSA) is 42.7 Å². The molecule has 2 aliphatic rings. The summed E-state index contributed by atoms with van der Waals surface area (Å²) in [4.78, 5) is 9.40. The number of rotatable bonds is 3. The van der Waals surface area contributed by atoms with Gasteiger partial charge < -0.3 is 9.88 Å². The molecule has 1 saturated heterocycles. The van der Waals surface area contributed by atoms with Gasteiger partial charge in [-0.1, -0.05) is 17.7 Å². The van der Waals surface area contributed by atoms with Gasteiger partial charge in [0.2, 0.25) is 0 Å². The maximum atomic E-state index is 6.44. The van der Waals surface area contributed by atoms with Gasteiger partial charge in [-0.2, -0.15) is 0 Å². The van der Waals surface area contributed by atoms with Crippen LogP contribution in [0.4, 0.5) is 0 Å². The zero-order valence-electron chi connectivity index (χ0n) is 16.9. The Kier molecular flexibility index (Phi) is 5.52. The van der Waals surface area contributed by atoms with Gasteiger partial charge in [0.05, 0.1) is 5.69 Å². The number of fused-ring (bicyclic) bond motifs is 2. The van der Waals surface area contributed by atoms with Gasteiger partial charge in [-0.15, -0.1) is 0 Å². The van der Waals surface area contributed by atoms with Crippen LogP contribution in [0.3, 0.4) is 0 Å². The molecule has 1 aliphatic carbocycles. The van der Waals surface area contributed by atoms with E-state index < -0.39 is 0 Å². The molecule has 154 valence electrons. The highest BCUT2D eigenvalue weighted by Crippen LogP contribution is 2.45. The van der Waals surface area contributed by atoms with E-state index in [-0.39, 0.29) is 5.92 Å². The summed E-state index contributed by atoms with van der Waals surface area (Å²) < 4.78 is 3.19. The average Bonchev–Trinajstić information content (AvgIpc) is 3.09. The summed E-state index contributed by atoms with van der Waals surface area (Å²) in [6.07, 6.45) is 10.4. The number of imidazole rings is 1. The molecule has 1 aliphatic heterocycles. The van der Waals surface area contributed by atoms with E-state index in [4.69, 9.17) is 16.6 Å². The molecule has 3 aromatic rings. The molecule has 1 fully saturated rings. The lowest BCUT2D eigenvalue weighted by Gasteiger charge is -2.32. The number of nitrogens with zero attached hydrogens (tertiary/aromatic N) is 3. The van der Waals surface area contributed by atoms with Gasteiger partial charge in [0.15, 0.2) is 0 Å². The molecule has 6 heteroatoms. The van der Waals surface area contributed by atoms with Crippen molar-refractivity contribution in [3.05, 3.63) is 80.6 Å². The van der Waals surface area contributed by atoms with Crippen LogP contribution in [0.25, 0.3) is 11.6 Å². The zero-order valence-corrected chi connectivity index (χ0v) is 19.2. The van der Waals surface area contributed by atoms with Gasteiger partial charge in [0.1, 0.15) is 5.82 Å². The van der Waals surface area contributed by atoms with Crippen molar-refractivity contribution in [2.75, 3.05) is 13.1 Å². The number of aryl methyl sites for hydroxylation is 1. The summed E-state index contributed by atoms with van der Waals surface area (Å²) in [5.41, 5.74) is 6.16. The Morgan fingerprint density at radius 2 is 2.03 bits per heavy atom. The standard InChI is InChI=1S/C24H24BrClN4/c1-15-28-8-9-30(15)14-18-10-17-11-20(26)2-3-21(17)23(16-4-6-27-7-5-16)24-22(18)12-19(25)13-29-24/h2-3,8-13,16,23,27H,4-7,14H2,1H3. The lowest BCUT2D eigenvalue weighted by Crippen LogP contribution is -2.32. The Morgan fingerprint density at radius 1 is 1.20 bits per heavy atom. The maximum Gasteiger partial charge on any atom is 0.105 e. The molecule has 0 amide bonds. The van der Waals surface area contributed by atoms with Gasteiger partial charge in [-0.25, -0.2) is 4.98 Å². The maximum absolute atomic E-state index is 6.44. The van der Waals surface area contributed by atoms with Crippen LogP contribution in [0.2, 0.25) is 5.02 Å². The molecule has 0 radical (unpaired) electrons. The third-order valence-electron chi connectivity index (χ3n) is 6.36. The van der Waals surface area contributed by atoms with Crippen LogP contribution in [-0.2, 0) is 6.54 Å². The lowest BCUT2D eigenvalue weighted by atomic mass is 9.76. The van der Waals surface area contributed by atoms with Crippen molar-refractivity contribution in [1.29, 1.82) is 0 Å². The number of aromatic nitrogens is 3. The Balaban J connectivity index is 1.72. The van der Waals surface area contributed by atoms with Gasteiger partial charge in [-0.3, -0.25) is 4.98 Å². The molecule has 3 heterocycles. The van der Waals surface area contributed by atoms with E-state index in [0.717, 1.165) is 47.8 Å². The monoisotopic (exact) mass is 482 g/mol. The number of allylic oxidation sites excluding steroid dienone is 1. The zero-order chi connectivity index (χ0) is 20.7. The first-order valence-electron chi connectivity index (χ1n) is 10.4. The summed E-state index contributed by atoms with van der Waals surface area (Å²) in [6, 6.07) is 8.56. The fraction of sp³-hybridized carbons (Fsp3) is 0.333. The quantitative estimate of drug-likeness (QED) is 0.520. The van der Waals surface area contributed by atoms with E-state index in [0.29, 0.717) is 5.92 Å². The SMILES string of the molecule is Cc1nccn1CC1=Cc2cc(Cl)ccc2C(C2CCNCC2)c2ncc(Br)cc21. The first kappa shape index (κ1) is 20.0. The number of benzene rings is 1. The molecule has 0 spiro atoms. The van der Waals surface area contributed by atoms with Crippen molar-refractivity contribution in [2.24, 2.45) is 5.92 Å². The number of nitrogens with one attached hydrogen (secondary N) is 1. The highest BCUT2D eigenvalue weighted by Gasteiger charge is 2.33. The third kappa shape index (κ3) is 3.75. The number of piperidine rings is 1. The van der Waals surface area contributed by atoms with E-state index in [9.17, 15) is 0 Å². The van der Waals surface area contributed by atoms with E-state index in [1.54, 1.807) is 0 Å². The fourth-order valence-corrected chi connectivity index (χ4v) is 5.37. The molecule has 1 N–H and O–H groups in total. The Morgan fingerprint density at radius 3 is 2.80 bits per heavy atom. The molecule has 4 nitrogen and oxygen atoms in total. The molecule has 0 saturated carbocycles. The number of pyridine rings is 1. The summed E-state index contributed by atoms with van der Waals surface area (Å²) >= 11 is 10.1. The van der Waals surface area contributed by atoms with Crippen LogP contribution >= 0.6 is 27.5 Å². The van der Waals surface area contributed by atoms with Gasteiger partial charge in [0.25, 0.3) is 0 Å². The largest absolute Gasteiger partial charge is 0.331 e. The van der Waals surface area contributed by atoms with Crippen molar-refractivity contribution in [3.8, 4) is 0 Å². The predicted octanol–water partition coefficient (Wildman–Crippen LogP) is 5.69. The van der Waals surface area contributed by atoms with E-state index in [2.05, 4.69) is 55.1 Å². The Labute approximate surface area is 190 Å². The van der Waals surface area contributed by atoms with E-state index in [1.807, 2.05) is 31.6 Å². The van der Waals surface area contributed by atoms with Crippen LogP contribution in [0.15, 0.2) is 47.3 Å². The predicted molar refractivity (Wildman–Crippen MR) is 126 cm³/mol. The number of hydrogen-bond acceptors (Lipinski definition) is 3. The van der Waals surface area contributed by atoms with E-state index in [1.165, 1.54) is 28.0 Å². The second-order valence-electron chi connectivity index (χ2n) is 8.20. The first-order valence-corrected chi connectivity index (χ1v) is 11.6. The lowest BCUT2D eigenvalue weighted by molar-refractivity contribution is 0.339. The molecule has 30 heavy (non-hydrogen) atoms. The summed E-state index contributed by atoms with van der Waals surface area (Å²) in [6.45, 7) is 4.91. The minimum absolute atomic E-state index is 0.264.